The normalized spacial score (nSPS) is 12.4. The van der Waals surface area contributed by atoms with Gasteiger partial charge in [0.25, 0.3) is 0 Å². The molecule has 0 aliphatic heterocycles. The molecule has 102 valence electrons. The first-order chi connectivity index (χ1) is 8.20. The summed E-state index contributed by atoms with van der Waals surface area (Å²) >= 11 is 0. The molecule has 1 N–H and O–H groups in total. The highest BCUT2D eigenvalue weighted by atomic mass is 16.5. The maximum Gasteiger partial charge on any atom is 0.305 e. The summed E-state index contributed by atoms with van der Waals surface area (Å²) in [6.07, 6.45) is 4.69. The molecule has 0 bridgehead atoms. The van der Waals surface area contributed by atoms with Crippen LogP contribution < -0.4 is 5.32 Å². The van der Waals surface area contributed by atoms with Crippen LogP contribution in [0.15, 0.2) is 0 Å². The molecule has 0 heterocycles. The van der Waals surface area contributed by atoms with E-state index in [0.29, 0.717) is 19.1 Å². The minimum absolute atomic E-state index is 0.0751. The Hall–Kier alpha value is -0.610. The quantitative estimate of drug-likeness (QED) is 0.447. The molecule has 0 fully saturated rings. The van der Waals surface area contributed by atoms with Crippen LogP contribution in [-0.4, -0.2) is 38.9 Å². The Morgan fingerprint density at radius 3 is 2.71 bits per heavy atom. The summed E-state index contributed by atoms with van der Waals surface area (Å²) in [5.41, 5.74) is 0. The molecule has 1 unspecified atom stereocenters. The molecular formula is C13H27NO3. The van der Waals surface area contributed by atoms with Gasteiger partial charge in [0.05, 0.1) is 6.61 Å². The maximum atomic E-state index is 11.1. The largest absolute Gasteiger partial charge is 0.466 e. The molecule has 0 spiro atoms. The number of hydrogen-bond donors (Lipinski definition) is 1. The number of rotatable bonds is 11. The van der Waals surface area contributed by atoms with Crippen LogP contribution in [0.2, 0.25) is 0 Å². The molecule has 0 aromatic heterocycles. The highest BCUT2D eigenvalue weighted by Gasteiger charge is 2.02. The van der Waals surface area contributed by atoms with Crippen LogP contribution in [0.1, 0.15) is 46.0 Å². The molecule has 0 saturated heterocycles. The third-order valence-electron chi connectivity index (χ3n) is 2.61. The van der Waals surface area contributed by atoms with Crippen LogP contribution in [0.25, 0.3) is 0 Å². The fraction of sp³-hybridized carbons (Fsp3) is 0.923. The summed E-state index contributed by atoms with van der Waals surface area (Å²) in [6, 6.07) is 0.500. The van der Waals surface area contributed by atoms with Gasteiger partial charge in [0.2, 0.25) is 0 Å². The lowest BCUT2D eigenvalue weighted by molar-refractivity contribution is -0.143. The van der Waals surface area contributed by atoms with Crippen LogP contribution in [0.5, 0.6) is 0 Å². The van der Waals surface area contributed by atoms with Crippen molar-refractivity contribution in [1.82, 2.24) is 5.32 Å². The van der Waals surface area contributed by atoms with Gasteiger partial charge in [0.1, 0.15) is 0 Å². The monoisotopic (exact) mass is 245 g/mol. The van der Waals surface area contributed by atoms with E-state index in [2.05, 4.69) is 12.2 Å². The summed E-state index contributed by atoms with van der Waals surface area (Å²) in [5, 5.41) is 3.43. The smallest absolute Gasteiger partial charge is 0.305 e. The second-order valence-electron chi connectivity index (χ2n) is 4.25. The molecule has 17 heavy (non-hydrogen) atoms. The van der Waals surface area contributed by atoms with E-state index in [4.69, 9.17) is 9.47 Å². The SMILES string of the molecule is CCOC(=O)CCCCCNC(C)CCOC. The van der Waals surface area contributed by atoms with Crippen molar-refractivity contribution in [1.29, 1.82) is 0 Å². The zero-order valence-corrected chi connectivity index (χ0v) is 11.5. The van der Waals surface area contributed by atoms with Gasteiger partial charge in [-0.2, -0.15) is 0 Å². The maximum absolute atomic E-state index is 11.1. The molecule has 1 atom stereocenters. The van der Waals surface area contributed by atoms with Gasteiger partial charge < -0.3 is 14.8 Å². The summed E-state index contributed by atoms with van der Waals surface area (Å²) in [6.45, 7) is 6.29. The van der Waals surface area contributed by atoms with Gasteiger partial charge >= 0.3 is 5.97 Å². The van der Waals surface area contributed by atoms with Crippen molar-refractivity contribution >= 4 is 5.97 Å². The highest BCUT2D eigenvalue weighted by Crippen LogP contribution is 2.01. The first kappa shape index (κ1) is 16.4. The van der Waals surface area contributed by atoms with E-state index >= 15 is 0 Å². The molecule has 0 rings (SSSR count). The van der Waals surface area contributed by atoms with Gasteiger partial charge in [0, 0.05) is 26.2 Å². The second-order valence-corrected chi connectivity index (χ2v) is 4.25. The van der Waals surface area contributed by atoms with E-state index in [1.807, 2.05) is 6.92 Å². The van der Waals surface area contributed by atoms with Crippen LogP contribution in [0.3, 0.4) is 0 Å². The second kappa shape index (κ2) is 11.9. The Kier molecular flexibility index (Phi) is 11.4. The van der Waals surface area contributed by atoms with E-state index in [-0.39, 0.29) is 5.97 Å². The molecule has 0 saturated carbocycles. The highest BCUT2D eigenvalue weighted by molar-refractivity contribution is 5.69. The molecule has 0 aliphatic carbocycles. The number of carbonyl (C=O) groups excluding carboxylic acids is 1. The molecule has 4 nitrogen and oxygen atoms in total. The fourth-order valence-corrected chi connectivity index (χ4v) is 1.55. The van der Waals surface area contributed by atoms with Gasteiger partial charge in [-0.3, -0.25) is 4.79 Å². The molecule has 0 aliphatic rings. The van der Waals surface area contributed by atoms with Crippen LogP contribution in [0, 0.1) is 0 Å². The number of unbranched alkanes of at least 4 members (excludes halogenated alkanes) is 2. The topological polar surface area (TPSA) is 47.6 Å². The Labute approximate surface area is 105 Å². The van der Waals surface area contributed by atoms with Crippen molar-refractivity contribution < 1.29 is 14.3 Å². The average Bonchev–Trinajstić information content (AvgIpc) is 2.31. The van der Waals surface area contributed by atoms with E-state index < -0.39 is 0 Å². The predicted molar refractivity (Wildman–Crippen MR) is 69.1 cm³/mol. The Balaban J connectivity index is 3.20. The zero-order chi connectivity index (χ0) is 12.9. The van der Waals surface area contributed by atoms with E-state index in [1.54, 1.807) is 7.11 Å². The third kappa shape index (κ3) is 11.6. The minimum atomic E-state index is -0.0751. The van der Waals surface area contributed by atoms with Crippen LogP contribution >= 0.6 is 0 Å². The lowest BCUT2D eigenvalue weighted by atomic mass is 10.2. The molecular weight excluding hydrogens is 218 g/mol. The Bertz CT molecular complexity index is 186. The van der Waals surface area contributed by atoms with Gasteiger partial charge in [-0.15, -0.1) is 0 Å². The van der Waals surface area contributed by atoms with Gasteiger partial charge in [-0.05, 0) is 39.7 Å². The standard InChI is InChI=1S/C13H27NO3/c1-4-17-13(15)8-6-5-7-10-14-12(2)9-11-16-3/h12,14H,4-11H2,1-3H3. The number of esters is 1. The van der Waals surface area contributed by atoms with Crippen LogP contribution in [-0.2, 0) is 14.3 Å². The molecule has 0 amide bonds. The lowest BCUT2D eigenvalue weighted by Gasteiger charge is -2.12. The first-order valence-corrected chi connectivity index (χ1v) is 6.58. The van der Waals surface area contributed by atoms with Crippen molar-refractivity contribution in [3.05, 3.63) is 0 Å². The Morgan fingerprint density at radius 1 is 1.29 bits per heavy atom. The number of carbonyl (C=O) groups is 1. The molecule has 0 aromatic rings. The summed E-state index contributed by atoms with van der Waals surface area (Å²) in [4.78, 5) is 11.1. The summed E-state index contributed by atoms with van der Waals surface area (Å²) in [5.74, 6) is -0.0751. The van der Waals surface area contributed by atoms with Gasteiger partial charge in [-0.1, -0.05) is 6.42 Å². The van der Waals surface area contributed by atoms with Crippen molar-refractivity contribution in [2.75, 3.05) is 26.9 Å². The zero-order valence-electron chi connectivity index (χ0n) is 11.5. The Morgan fingerprint density at radius 2 is 2.06 bits per heavy atom. The lowest BCUT2D eigenvalue weighted by Crippen LogP contribution is -2.28. The van der Waals surface area contributed by atoms with Gasteiger partial charge in [0.15, 0.2) is 0 Å². The molecule has 4 heteroatoms. The number of methoxy groups -OCH3 is 1. The minimum Gasteiger partial charge on any atom is -0.466 e. The van der Waals surface area contributed by atoms with Crippen molar-refractivity contribution in [3.8, 4) is 0 Å². The number of nitrogens with one attached hydrogen (secondary N) is 1. The number of ether oxygens (including phenoxy) is 2. The van der Waals surface area contributed by atoms with E-state index in [1.165, 1.54) is 0 Å². The predicted octanol–water partition coefficient (Wildman–Crippen LogP) is 2.12. The van der Waals surface area contributed by atoms with E-state index in [9.17, 15) is 4.79 Å². The third-order valence-corrected chi connectivity index (χ3v) is 2.61. The van der Waals surface area contributed by atoms with E-state index in [0.717, 1.165) is 38.8 Å². The average molecular weight is 245 g/mol. The van der Waals surface area contributed by atoms with Crippen molar-refractivity contribution in [2.45, 2.75) is 52.0 Å². The fourth-order valence-electron chi connectivity index (χ4n) is 1.55. The molecule has 0 aromatic carbocycles. The van der Waals surface area contributed by atoms with Crippen molar-refractivity contribution in [2.24, 2.45) is 0 Å². The number of hydrogen-bond acceptors (Lipinski definition) is 4. The first-order valence-electron chi connectivity index (χ1n) is 6.58. The van der Waals surface area contributed by atoms with Crippen molar-refractivity contribution in [3.63, 3.8) is 0 Å². The summed E-state index contributed by atoms with van der Waals surface area (Å²) in [7, 11) is 1.72. The van der Waals surface area contributed by atoms with Gasteiger partial charge in [-0.25, -0.2) is 0 Å². The summed E-state index contributed by atoms with van der Waals surface area (Å²) < 4.78 is 9.88. The molecule has 0 radical (unpaired) electrons. The van der Waals surface area contributed by atoms with Crippen LogP contribution in [0.4, 0.5) is 0 Å².